The molecule has 1 aliphatic heterocycles. The Morgan fingerprint density at radius 2 is 1.91 bits per heavy atom. The first kappa shape index (κ1) is 16.0. The number of benzene rings is 1. The van der Waals surface area contributed by atoms with Gasteiger partial charge in [0.2, 0.25) is 0 Å². The molecule has 7 heteroatoms. The second-order valence-electron chi connectivity index (χ2n) is 5.44. The maximum Gasteiger partial charge on any atom is 0.259 e. The molecule has 0 aliphatic carbocycles. The maximum atomic E-state index is 12.7. The minimum atomic E-state index is -0.0835. The number of hydrogen-bond donors (Lipinski definition) is 1. The zero-order valence-corrected chi connectivity index (χ0v) is 13.4. The van der Waals surface area contributed by atoms with Crippen LogP contribution >= 0.6 is 11.6 Å². The average Bonchev–Trinajstić information content (AvgIpc) is 3.05. The molecule has 1 N–H and O–H groups in total. The number of β-amino-alcohol motifs (C(OH)–C–C–N with tert-alkyl or cyclic N) is 1. The van der Waals surface area contributed by atoms with E-state index in [0.29, 0.717) is 35.9 Å². The third kappa shape index (κ3) is 3.55. The molecule has 3 rings (SSSR count). The Hall–Kier alpha value is -1.89. The van der Waals surface area contributed by atoms with Crippen molar-refractivity contribution in [1.82, 2.24) is 15.0 Å². The summed E-state index contributed by atoms with van der Waals surface area (Å²) in [6.07, 6.45) is 1.40. The molecule has 23 heavy (non-hydrogen) atoms. The van der Waals surface area contributed by atoms with E-state index >= 15 is 0 Å². The lowest BCUT2D eigenvalue weighted by molar-refractivity contribution is 0.0615. The monoisotopic (exact) mass is 335 g/mol. The number of aliphatic hydroxyl groups is 1. The van der Waals surface area contributed by atoms with Crippen LogP contribution in [0.1, 0.15) is 10.4 Å². The van der Waals surface area contributed by atoms with Crippen LogP contribution < -0.4 is 0 Å². The molecule has 0 atom stereocenters. The molecule has 0 radical (unpaired) electrons. The van der Waals surface area contributed by atoms with Gasteiger partial charge in [0.1, 0.15) is 17.5 Å². The van der Waals surface area contributed by atoms with Gasteiger partial charge in [0, 0.05) is 43.3 Å². The van der Waals surface area contributed by atoms with Gasteiger partial charge in [-0.1, -0.05) is 28.9 Å². The van der Waals surface area contributed by atoms with Crippen LogP contribution in [-0.2, 0) is 0 Å². The highest BCUT2D eigenvalue weighted by Crippen LogP contribution is 2.25. The predicted molar refractivity (Wildman–Crippen MR) is 86.4 cm³/mol. The van der Waals surface area contributed by atoms with Gasteiger partial charge in [-0.05, 0) is 12.1 Å². The summed E-state index contributed by atoms with van der Waals surface area (Å²) in [5.41, 5.74) is 1.79. The predicted octanol–water partition coefficient (Wildman–Crippen LogP) is 1.75. The lowest BCUT2D eigenvalue weighted by Crippen LogP contribution is -2.49. The van der Waals surface area contributed by atoms with Crippen molar-refractivity contribution in [2.24, 2.45) is 0 Å². The van der Waals surface area contributed by atoms with Crippen molar-refractivity contribution < 1.29 is 14.4 Å². The average molecular weight is 336 g/mol. The number of carbonyl (C=O) groups is 1. The smallest absolute Gasteiger partial charge is 0.259 e. The van der Waals surface area contributed by atoms with E-state index in [-0.39, 0.29) is 12.5 Å². The van der Waals surface area contributed by atoms with E-state index in [0.717, 1.165) is 18.7 Å². The number of piperazine rings is 1. The molecule has 1 aromatic carbocycles. The van der Waals surface area contributed by atoms with E-state index in [9.17, 15) is 4.79 Å². The van der Waals surface area contributed by atoms with E-state index in [2.05, 4.69) is 10.1 Å². The van der Waals surface area contributed by atoms with Gasteiger partial charge in [-0.25, -0.2) is 0 Å². The molecule has 1 fully saturated rings. The van der Waals surface area contributed by atoms with Crippen molar-refractivity contribution in [3.63, 3.8) is 0 Å². The first-order chi connectivity index (χ1) is 11.2. The first-order valence-corrected chi connectivity index (χ1v) is 7.89. The van der Waals surface area contributed by atoms with Crippen molar-refractivity contribution in [2.45, 2.75) is 0 Å². The molecule has 2 heterocycles. The zero-order chi connectivity index (χ0) is 16.2. The molecule has 0 unspecified atom stereocenters. The molecule has 1 amide bonds. The highest BCUT2D eigenvalue weighted by Gasteiger charge is 2.26. The van der Waals surface area contributed by atoms with Crippen molar-refractivity contribution in [2.75, 3.05) is 39.3 Å². The summed E-state index contributed by atoms with van der Waals surface area (Å²) < 4.78 is 5.03. The number of amides is 1. The van der Waals surface area contributed by atoms with Gasteiger partial charge < -0.3 is 14.5 Å². The Labute approximate surface area is 139 Å². The zero-order valence-electron chi connectivity index (χ0n) is 12.6. The first-order valence-electron chi connectivity index (χ1n) is 7.52. The van der Waals surface area contributed by atoms with Crippen molar-refractivity contribution in [3.8, 4) is 11.3 Å². The number of hydrogen-bond acceptors (Lipinski definition) is 5. The summed E-state index contributed by atoms with van der Waals surface area (Å²) in [5, 5.41) is 13.6. The third-order valence-electron chi connectivity index (χ3n) is 3.99. The number of aromatic nitrogens is 1. The maximum absolute atomic E-state index is 12.7. The van der Waals surface area contributed by atoms with Crippen molar-refractivity contribution >= 4 is 17.5 Å². The standard InChI is InChI=1S/C16H18ClN3O3/c17-13-3-1-12(2-4-13)15-14(11-23-18-15)16(22)20-7-5-19(6-8-20)9-10-21/h1-4,11,21H,5-10H2. The third-order valence-corrected chi connectivity index (χ3v) is 4.25. The fraction of sp³-hybridized carbons (Fsp3) is 0.375. The van der Waals surface area contributed by atoms with Crippen LogP contribution in [0, 0.1) is 0 Å². The van der Waals surface area contributed by atoms with Gasteiger partial charge in [-0.3, -0.25) is 9.69 Å². The molecule has 1 aliphatic rings. The quantitative estimate of drug-likeness (QED) is 0.921. The second-order valence-corrected chi connectivity index (χ2v) is 5.88. The Morgan fingerprint density at radius 3 is 2.57 bits per heavy atom. The molecule has 0 bridgehead atoms. The largest absolute Gasteiger partial charge is 0.395 e. The topological polar surface area (TPSA) is 69.8 Å². The SMILES string of the molecule is O=C(c1conc1-c1ccc(Cl)cc1)N1CCN(CCO)CC1. The van der Waals surface area contributed by atoms with Crippen LogP contribution in [0.25, 0.3) is 11.3 Å². The number of aliphatic hydroxyl groups excluding tert-OH is 1. The highest BCUT2D eigenvalue weighted by atomic mass is 35.5. The molecule has 2 aromatic rings. The van der Waals surface area contributed by atoms with Gasteiger partial charge in [-0.2, -0.15) is 0 Å². The number of carbonyl (C=O) groups excluding carboxylic acids is 1. The number of nitrogens with zero attached hydrogens (tertiary/aromatic N) is 3. The lowest BCUT2D eigenvalue weighted by atomic mass is 10.1. The molecule has 1 saturated heterocycles. The second kappa shape index (κ2) is 7.12. The van der Waals surface area contributed by atoms with Gasteiger partial charge in [0.05, 0.1) is 6.61 Å². The van der Waals surface area contributed by atoms with Gasteiger partial charge in [0.25, 0.3) is 5.91 Å². The molecule has 1 aromatic heterocycles. The van der Waals surface area contributed by atoms with Crippen molar-refractivity contribution in [1.29, 1.82) is 0 Å². The van der Waals surface area contributed by atoms with Crippen LogP contribution in [0.2, 0.25) is 5.02 Å². The van der Waals surface area contributed by atoms with Gasteiger partial charge >= 0.3 is 0 Å². The normalized spacial score (nSPS) is 15.8. The molecule has 0 saturated carbocycles. The van der Waals surface area contributed by atoms with Crippen LogP contribution in [0.15, 0.2) is 35.1 Å². The van der Waals surface area contributed by atoms with E-state index in [1.54, 1.807) is 17.0 Å². The summed E-state index contributed by atoms with van der Waals surface area (Å²) in [6.45, 7) is 3.56. The summed E-state index contributed by atoms with van der Waals surface area (Å²) >= 11 is 5.90. The van der Waals surface area contributed by atoms with Crippen molar-refractivity contribution in [3.05, 3.63) is 41.1 Å². The van der Waals surface area contributed by atoms with Gasteiger partial charge in [-0.15, -0.1) is 0 Å². The van der Waals surface area contributed by atoms with E-state index in [1.165, 1.54) is 6.26 Å². The Morgan fingerprint density at radius 1 is 1.22 bits per heavy atom. The molecule has 122 valence electrons. The van der Waals surface area contributed by atoms with E-state index in [1.807, 2.05) is 12.1 Å². The fourth-order valence-electron chi connectivity index (χ4n) is 2.69. The summed E-state index contributed by atoms with van der Waals surface area (Å²) in [4.78, 5) is 16.6. The van der Waals surface area contributed by atoms with Crippen LogP contribution in [0.5, 0.6) is 0 Å². The van der Waals surface area contributed by atoms with Crippen LogP contribution in [0.4, 0.5) is 0 Å². The van der Waals surface area contributed by atoms with E-state index < -0.39 is 0 Å². The minimum Gasteiger partial charge on any atom is -0.395 e. The summed E-state index contributed by atoms with van der Waals surface area (Å²) in [6, 6.07) is 7.15. The summed E-state index contributed by atoms with van der Waals surface area (Å²) in [5.74, 6) is -0.0835. The van der Waals surface area contributed by atoms with E-state index in [4.69, 9.17) is 21.2 Å². The Bertz CT molecular complexity index is 663. The molecular formula is C16H18ClN3O3. The van der Waals surface area contributed by atoms with Crippen LogP contribution in [-0.4, -0.2) is 65.3 Å². The fourth-order valence-corrected chi connectivity index (χ4v) is 2.82. The lowest BCUT2D eigenvalue weighted by Gasteiger charge is -2.34. The highest BCUT2D eigenvalue weighted by molar-refractivity contribution is 6.30. The van der Waals surface area contributed by atoms with Gasteiger partial charge in [0.15, 0.2) is 0 Å². The number of rotatable bonds is 4. The molecule has 6 nitrogen and oxygen atoms in total. The molecule has 0 spiro atoms. The Kier molecular flexibility index (Phi) is 4.95. The molecular weight excluding hydrogens is 318 g/mol. The minimum absolute atomic E-state index is 0.0835. The summed E-state index contributed by atoms with van der Waals surface area (Å²) in [7, 11) is 0. The van der Waals surface area contributed by atoms with Crippen LogP contribution in [0.3, 0.4) is 0 Å². The Balaban J connectivity index is 1.74. The number of halogens is 1.